The molecule has 0 aliphatic carbocycles. The first kappa shape index (κ1) is 18.6. The zero-order valence-corrected chi connectivity index (χ0v) is 18.2. The molecule has 0 fully saturated rings. The van der Waals surface area contributed by atoms with Crippen LogP contribution in [0.1, 0.15) is 17.0 Å². The van der Waals surface area contributed by atoms with Gasteiger partial charge in [0.15, 0.2) is 4.96 Å². The molecule has 2 aromatic carbocycles. The summed E-state index contributed by atoms with van der Waals surface area (Å²) in [4.78, 5) is 20.5. The van der Waals surface area contributed by atoms with E-state index in [2.05, 4.69) is 58.6 Å². The van der Waals surface area contributed by atoms with E-state index >= 15 is 0 Å². The van der Waals surface area contributed by atoms with E-state index in [0.29, 0.717) is 4.53 Å². The molecule has 0 radical (unpaired) electrons. The number of fused-ring (bicyclic) bond motifs is 3. The van der Waals surface area contributed by atoms with E-state index in [1.807, 2.05) is 44.4 Å². The second kappa shape index (κ2) is 6.85. The Kier molecular flexibility index (Phi) is 4.25. The highest BCUT2D eigenvalue weighted by Crippen LogP contribution is 2.23. The number of imidazole rings is 1. The van der Waals surface area contributed by atoms with Crippen LogP contribution in [-0.4, -0.2) is 28.0 Å². The molecule has 5 nitrogen and oxygen atoms in total. The van der Waals surface area contributed by atoms with Gasteiger partial charge in [0.25, 0.3) is 5.56 Å². The molecule has 3 aromatic heterocycles. The molecule has 0 aliphatic rings. The lowest BCUT2D eigenvalue weighted by molar-refractivity contribution is 0.963. The highest BCUT2D eigenvalue weighted by molar-refractivity contribution is 7.15. The van der Waals surface area contributed by atoms with Gasteiger partial charge in [0.1, 0.15) is 0 Å². The lowest BCUT2D eigenvalue weighted by Gasteiger charge is -2.14. The summed E-state index contributed by atoms with van der Waals surface area (Å²) in [6, 6.07) is 18.4. The second-order valence-electron chi connectivity index (χ2n) is 7.71. The molecule has 0 spiro atoms. The quantitative estimate of drug-likeness (QED) is 0.449. The lowest BCUT2D eigenvalue weighted by Crippen LogP contribution is -2.22. The molecule has 0 saturated carbocycles. The van der Waals surface area contributed by atoms with Crippen LogP contribution in [0.15, 0.2) is 59.4 Å². The van der Waals surface area contributed by atoms with E-state index in [9.17, 15) is 4.79 Å². The largest absolute Gasteiger partial charge is 0.378 e. The van der Waals surface area contributed by atoms with Gasteiger partial charge in [0.2, 0.25) is 0 Å². The van der Waals surface area contributed by atoms with Crippen LogP contribution in [0.2, 0.25) is 0 Å². The monoisotopic (exact) mass is 414 g/mol. The Balaban J connectivity index is 1.64. The number of hydrogen-bond acceptors (Lipinski definition) is 4. The Morgan fingerprint density at radius 3 is 2.50 bits per heavy atom. The molecule has 150 valence electrons. The smallest absolute Gasteiger partial charge is 0.274 e. The van der Waals surface area contributed by atoms with Gasteiger partial charge < -0.3 is 9.47 Å². The molecule has 0 bridgehead atoms. The minimum Gasteiger partial charge on any atom is -0.378 e. The molecular formula is C24H22N4OS. The van der Waals surface area contributed by atoms with Gasteiger partial charge in [-0.3, -0.25) is 4.79 Å². The zero-order chi connectivity index (χ0) is 21.0. The SMILES string of the molecule is Cc1cc(/C=c2\sc3nc4ccccc4n3c2=O)c(C)n1-c1ccc(N(C)C)cc1. The summed E-state index contributed by atoms with van der Waals surface area (Å²) in [7, 11) is 4.08. The van der Waals surface area contributed by atoms with Gasteiger partial charge in [-0.25, -0.2) is 9.38 Å². The summed E-state index contributed by atoms with van der Waals surface area (Å²) in [6.07, 6.45) is 1.99. The van der Waals surface area contributed by atoms with Crippen LogP contribution < -0.4 is 15.0 Å². The minimum absolute atomic E-state index is 0.0103. The van der Waals surface area contributed by atoms with E-state index in [4.69, 9.17) is 0 Å². The fourth-order valence-electron chi connectivity index (χ4n) is 3.98. The topological polar surface area (TPSA) is 42.5 Å². The maximum absolute atomic E-state index is 13.1. The number of rotatable bonds is 3. The van der Waals surface area contributed by atoms with Crippen LogP contribution >= 0.6 is 11.3 Å². The number of nitrogens with zero attached hydrogens (tertiary/aromatic N) is 4. The number of hydrogen-bond donors (Lipinski definition) is 0. The van der Waals surface area contributed by atoms with Crippen molar-refractivity contribution in [3.63, 3.8) is 0 Å². The Morgan fingerprint density at radius 2 is 1.77 bits per heavy atom. The van der Waals surface area contributed by atoms with Crippen molar-refractivity contribution in [3.05, 3.63) is 86.4 Å². The fourth-order valence-corrected chi connectivity index (χ4v) is 4.96. The van der Waals surface area contributed by atoms with Gasteiger partial charge >= 0.3 is 0 Å². The number of aromatic nitrogens is 3. The first-order chi connectivity index (χ1) is 14.4. The van der Waals surface area contributed by atoms with Crippen LogP contribution in [0.5, 0.6) is 0 Å². The molecular weight excluding hydrogens is 392 g/mol. The second-order valence-corrected chi connectivity index (χ2v) is 8.72. The van der Waals surface area contributed by atoms with Crippen molar-refractivity contribution in [2.24, 2.45) is 0 Å². The normalized spacial score (nSPS) is 12.3. The third kappa shape index (κ3) is 2.83. The maximum Gasteiger partial charge on any atom is 0.274 e. The Hall–Kier alpha value is -3.38. The zero-order valence-electron chi connectivity index (χ0n) is 17.4. The van der Waals surface area contributed by atoms with Crippen molar-refractivity contribution < 1.29 is 0 Å². The van der Waals surface area contributed by atoms with E-state index in [1.165, 1.54) is 11.3 Å². The molecule has 0 N–H and O–H groups in total. The summed E-state index contributed by atoms with van der Waals surface area (Å²) < 4.78 is 4.64. The number of thiazole rings is 1. The van der Waals surface area contributed by atoms with Crippen molar-refractivity contribution in [1.82, 2.24) is 14.0 Å². The molecule has 0 saturated heterocycles. The Labute approximate surface area is 178 Å². The van der Waals surface area contributed by atoms with Crippen LogP contribution in [0.4, 0.5) is 5.69 Å². The third-order valence-corrected chi connectivity index (χ3v) is 6.50. The predicted molar refractivity (Wildman–Crippen MR) is 125 cm³/mol. The summed E-state index contributed by atoms with van der Waals surface area (Å²) in [5, 5.41) is 0. The number of aryl methyl sites for hydroxylation is 1. The number of para-hydroxylation sites is 2. The standard InChI is InChI=1S/C24H22N4OS/c1-15-13-17(16(2)27(15)19-11-9-18(10-12-19)26(3)4)14-22-23(29)28-21-8-6-5-7-20(21)25-24(28)30-22/h5-14H,1-4H3/b22-14-. The van der Waals surface area contributed by atoms with Crippen molar-refractivity contribution >= 4 is 39.1 Å². The van der Waals surface area contributed by atoms with Crippen LogP contribution in [0, 0.1) is 13.8 Å². The van der Waals surface area contributed by atoms with Gasteiger partial charge in [-0.05, 0) is 68.0 Å². The first-order valence-electron chi connectivity index (χ1n) is 9.82. The van der Waals surface area contributed by atoms with E-state index in [1.54, 1.807) is 4.40 Å². The van der Waals surface area contributed by atoms with E-state index in [0.717, 1.165) is 44.3 Å². The average molecular weight is 415 g/mol. The van der Waals surface area contributed by atoms with Crippen molar-refractivity contribution in [3.8, 4) is 5.69 Å². The Bertz CT molecular complexity index is 1500. The highest BCUT2D eigenvalue weighted by atomic mass is 32.1. The fraction of sp³-hybridized carbons (Fsp3) is 0.167. The molecule has 30 heavy (non-hydrogen) atoms. The van der Waals surface area contributed by atoms with Gasteiger partial charge in [-0.15, -0.1) is 0 Å². The van der Waals surface area contributed by atoms with Gasteiger partial charge in [0.05, 0.1) is 15.6 Å². The number of benzene rings is 2. The van der Waals surface area contributed by atoms with Crippen molar-refractivity contribution in [2.75, 3.05) is 19.0 Å². The lowest BCUT2D eigenvalue weighted by atomic mass is 10.2. The summed E-state index contributed by atoms with van der Waals surface area (Å²) in [5.74, 6) is 0. The average Bonchev–Trinajstić information content (AvgIpc) is 3.33. The molecule has 3 heterocycles. The van der Waals surface area contributed by atoms with Crippen LogP contribution in [0.3, 0.4) is 0 Å². The maximum atomic E-state index is 13.1. The minimum atomic E-state index is -0.0103. The van der Waals surface area contributed by atoms with E-state index < -0.39 is 0 Å². The molecule has 0 unspecified atom stereocenters. The Morgan fingerprint density at radius 1 is 1.03 bits per heavy atom. The van der Waals surface area contributed by atoms with Gasteiger partial charge in [0, 0.05) is 36.9 Å². The number of anilines is 1. The van der Waals surface area contributed by atoms with Gasteiger partial charge in [-0.1, -0.05) is 23.5 Å². The van der Waals surface area contributed by atoms with E-state index in [-0.39, 0.29) is 5.56 Å². The molecule has 0 aliphatic heterocycles. The molecule has 5 rings (SSSR count). The van der Waals surface area contributed by atoms with Crippen molar-refractivity contribution in [1.29, 1.82) is 0 Å². The highest BCUT2D eigenvalue weighted by Gasteiger charge is 2.13. The van der Waals surface area contributed by atoms with Crippen molar-refractivity contribution in [2.45, 2.75) is 13.8 Å². The summed E-state index contributed by atoms with van der Waals surface area (Å²) in [5.41, 5.74) is 7.28. The van der Waals surface area contributed by atoms with Crippen LogP contribution in [0.25, 0.3) is 27.8 Å². The molecule has 6 heteroatoms. The predicted octanol–water partition coefficient (Wildman–Crippen LogP) is 3.93. The van der Waals surface area contributed by atoms with Crippen LogP contribution in [-0.2, 0) is 0 Å². The summed E-state index contributed by atoms with van der Waals surface area (Å²) in [6.45, 7) is 4.19. The summed E-state index contributed by atoms with van der Waals surface area (Å²) >= 11 is 1.44. The molecule has 5 aromatic rings. The van der Waals surface area contributed by atoms with Gasteiger partial charge in [-0.2, -0.15) is 0 Å². The molecule has 0 amide bonds. The third-order valence-electron chi connectivity index (χ3n) is 5.53. The molecule has 0 atom stereocenters. The first-order valence-corrected chi connectivity index (χ1v) is 10.6.